The molecule has 0 saturated carbocycles. The topological polar surface area (TPSA) is 19.0 Å². The molecule has 0 aliphatic heterocycles. The second kappa shape index (κ2) is 7.33. The van der Waals surface area contributed by atoms with Crippen LogP contribution >= 0.6 is 0 Å². The molecule has 0 aliphatic rings. The molecule has 6 heteroatoms. The Labute approximate surface area is 148 Å². The summed E-state index contributed by atoms with van der Waals surface area (Å²) in [7, 11) is 1.93. The zero-order valence-corrected chi connectivity index (χ0v) is 14.1. The third-order valence-corrected chi connectivity index (χ3v) is 4.16. The second-order valence-corrected chi connectivity index (χ2v) is 6.19. The first-order valence-electron chi connectivity index (χ1n) is 8.11. The fourth-order valence-electron chi connectivity index (χ4n) is 2.84. The molecular weight excluding hydrogens is 344 g/mol. The zero-order valence-electron chi connectivity index (χ0n) is 14.1. The molecule has 0 spiro atoms. The van der Waals surface area contributed by atoms with E-state index in [0.717, 1.165) is 28.6 Å². The number of nitrogens with zero attached hydrogens (tertiary/aromatic N) is 1. The molecule has 2 nitrogen and oxygen atoms in total. The lowest BCUT2D eigenvalue weighted by atomic mass is 10.1. The van der Waals surface area contributed by atoms with Gasteiger partial charge in [0, 0.05) is 30.4 Å². The van der Waals surface area contributed by atoms with Crippen molar-refractivity contribution in [1.82, 2.24) is 9.88 Å². The van der Waals surface area contributed by atoms with Gasteiger partial charge < -0.3 is 4.98 Å². The van der Waals surface area contributed by atoms with E-state index in [0.29, 0.717) is 19.2 Å². The van der Waals surface area contributed by atoms with Crippen molar-refractivity contribution >= 4 is 17.0 Å². The molecule has 0 aliphatic carbocycles. The van der Waals surface area contributed by atoms with E-state index in [2.05, 4.69) is 4.98 Å². The van der Waals surface area contributed by atoms with Gasteiger partial charge in [0.2, 0.25) is 0 Å². The lowest BCUT2D eigenvalue weighted by Crippen LogP contribution is -2.17. The third-order valence-electron chi connectivity index (χ3n) is 4.16. The van der Waals surface area contributed by atoms with E-state index in [1.54, 1.807) is 6.08 Å². The van der Waals surface area contributed by atoms with Crippen molar-refractivity contribution in [2.24, 2.45) is 0 Å². The number of alkyl halides is 3. The van der Waals surface area contributed by atoms with E-state index in [1.807, 2.05) is 42.4 Å². The average Bonchev–Trinajstić information content (AvgIpc) is 3.05. The third kappa shape index (κ3) is 4.14. The van der Waals surface area contributed by atoms with Crippen LogP contribution in [0.5, 0.6) is 0 Å². The number of rotatable bonds is 5. The van der Waals surface area contributed by atoms with Gasteiger partial charge in [-0.05, 0) is 36.2 Å². The van der Waals surface area contributed by atoms with Gasteiger partial charge in [-0.25, -0.2) is 4.39 Å². The highest BCUT2D eigenvalue weighted by Gasteiger charge is 2.30. The molecular formula is C20H18F4N2. The van der Waals surface area contributed by atoms with Crippen molar-refractivity contribution in [2.45, 2.75) is 12.7 Å². The zero-order chi connectivity index (χ0) is 18.7. The predicted octanol–water partition coefficient (Wildman–Crippen LogP) is 5.47. The van der Waals surface area contributed by atoms with Crippen LogP contribution in [0.25, 0.3) is 17.0 Å². The number of hydrogen-bond donors (Lipinski definition) is 1. The smallest absolute Gasteiger partial charge is 0.361 e. The van der Waals surface area contributed by atoms with E-state index >= 15 is 0 Å². The van der Waals surface area contributed by atoms with Gasteiger partial charge in [-0.3, -0.25) is 4.90 Å². The maximum atomic E-state index is 13.8. The molecule has 0 bridgehead atoms. The van der Waals surface area contributed by atoms with Crippen LogP contribution in [0.15, 0.2) is 54.7 Å². The van der Waals surface area contributed by atoms with Crippen molar-refractivity contribution in [3.05, 3.63) is 77.2 Å². The summed E-state index contributed by atoms with van der Waals surface area (Å²) in [5.74, 6) is -0.880. The molecule has 0 unspecified atom stereocenters. The number of fused-ring (bicyclic) bond motifs is 1. The van der Waals surface area contributed by atoms with Crippen molar-refractivity contribution in [3.8, 4) is 0 Å². The number of H-pyrrole nitrogens is 1. The number of likely N-dealkylation sites (N-methyl/N-ethyl adjacent to an activating group) is 1. The lowest BCUT2D eigenvalue weighted by Gasteiger charge is -2.15. The number of aromatic nitrogens is 1. The summed E-state index contributed by atoms with van der Waals surface area (Å²) in [5, 5.41) is 1.14. The van der Waals surface area contributed by atoms with Gasteiger partial charge in [0.15, 0.2) is 0 Å². The van der Waals surface area contributed by atoms with Gasteiger partial charge in [-0.1, -0.05) is 36.4 Å². The van der Waals surface area contributed by atoms with Crippen LogP contribution in [0.3, 0.4) is 0 Å². The normalized spacial score (nSPS) is 12.5. The summed E-state index contributed by atoms with van der Waals surface area (Å²) in [5.41, 5.74) is 1.38. The van der Waals surface area contributed by atoms with Crippen LogP contribution in [-0.2, 0) is 12.7 Å². The minimum Gasteiger partial charge on any atom is -0.361 e. The van der Waals surface area contributed by atoms with Crippen LogP contribution in [0, 0.1) is 5.82 Å². The monoisotopic (exact) mass is 362 g/mol. The second-order valence-electron chi connectivity index (χ2n) is 6.19. The highest BCUT2D eigenvalue weighted by Crippen LogP contribution is 2.30. The maximum Gasteiger partial charge on any atom is 0.416 e. The minimum absolute atomic E-state index is 0.137. The number of benzene rings is 2. The van der Waals surface area contributed by atoms with Crippen LogP contribution in [0.2, 0.25) is 0 Å². The molecule has 3 aromatic rings. The molecule has 0 amide bonds. The summed E-state index contributed by atoms with van der Waals surface area (Å²) in [4.78, 5) is 5.25. The van der Waals surface area contributed by atoms with Crippen LogP contribution in [0.4, 0.5) is 17.6 Å². The number of nitrogens with one attached hydrogen (secondary N) is 1. The molecule has 1 N–H and O–H groups in total. The van der Waals surface area contributed by atoms with E-state index in [4.69, 9.17) is 0 Å². The largest absolute Gasteiger partial charge is 0.416 e. The first-order chi connectivity index (χ1) is 12.3. The number of halogens is 4. The fourth-order valence-corrected chi connectivity index (χ4v) is 2.84. The fraction of sp³-hybridized carbons (Fsp3) is 0.200. The Morgan fingerprint density at radius 3 is 2.65 bits per heavy atom. The van der Waals surface area contributed by atoms with E-state index in [9.17, 15) is 17.6 Å². The minimum atomic E-state index is -4.54. The molecule has 1 aromatic heterocycles. The van der Waals surface area contributed by atoms with Crippen LogP contribution in [-0.4, -0.2) is 23.5 Å². The highest BCUT2D eigenvalue weighted by atomic mass is 19.4. The predicted molar refractivity (Wildman–Crippen MR) is 95.1 cm³/mol. The standard InChI is InChI=1S/C20H18F4N2/c1-26(13-16-5-2-4-15-9-10-25-19(15)16)11-3-6-14-7-8-17(12-18(14)21)20(22,23)24/h2-10,12,25H,11,13H2,1H3/b6-3+. The molecule has 3 rings (SSSR count). The first-order valence-corrected chi connectivity index (χ1v) is 8.11. The van der Waals surface area contributed by atoms with E-state index < -0.39 is 17.6 Å². The first kappa shape index (κ1) is 18.2. The molecule has 0 atom stereocenters. The number of para-hydroxylation sites is 1. The Morgan fingerprint density at radius 1 is 1.12 bits per heavy atom. The quantitative estimate of drug-likeness (QED) is 0.596. The SMILES string of the molecule is CN(C/C=C/c1ccc(C(F)(F)F)cc1F)Cc1cccc2cc[nH]c12. The molecule has 0 radical (unpaired) electrons. The molecule has 1 heterocycles. The Balaban J connectivity index is 1.64. The Bertz CT molecular complexity index is 925. The molecule has 0 saturated heterocycles. The average molecular weight is 362 g/mol. The molecule has 2 aromatic carbocycles. The Morgan fingerprint density at radius 2 is 1.92 bits per heavy atom. The summed E-state index contributed by atoms with van der Waals surface area (Å²) in [6, 6.07) is 10.6. The Kier molecular flexibility index (Phi) is 5.13. The summed E-state index contributed by atoms with van der Waals surface area (Å²) >= 11 is 0. The summed E-state index contributed by atoms with van der Waals surface area (Å²) in [6.45, 7) is 1.23. The Hall–Kier alpha value is -2.60. The number of aromatic amines is 1. The molecule has 0 fully saturated rings. The van der Waals surface area contributed by atoms with Crippen LogP contribution < -0.4 is 0 Å². The highest BCUT2D eigenvalue weighted by molar-refractivity contribution is 5.82. The molecule has 26 heavy (non-hydrogen) atoms. The van der Waals surface area contributed by atoms with Crippen LogP contribution in [0.1, 0.15) is 16.7 Å². The van der Waals surface area contributed by atoms with Gasteiger partial charge in [0.1, 0.15) is 5.82 Å². The van der Waals surface area contributed by atoms with E-state index in [-0.39, 0.29) is 5.56 Å². The van der Waals surface area contributed by atoms with Crippen molar-refractivity contribution < 1.29 is 17.6 Å². The summed E-state index contributed by atoms with van der Waals surface area (Å²) < 4.78 is 51.5. The van der Waals surface area contributed by atoms with Crippen molar-refractivity contribution in [2.75, 3.05) is 13.6 Å². The van der Waals surface area contributed by atoms with Crippen molar-refractivity contribution in [1.29, 1.82) is 0 Å². The molecule has 136 valence electrons. The van der Waals surface area contributed by atoms with Gasteiger partial charge in [-0.2, -0.15) is 13.2 Å². The van der Waals surface area contributed by atoms with Gasteiger partial charge >= 0.3 is 6.18 Å². The maximum absolute atomic E-state index is 13.8. The van der Waals surface area contributed by atoms with E-state index in [1.165, 1.54) is 6.08 Å². The van der Waals surface area contributed by atoms with Gasteiger partial charge in [0.25, 0.3) is 0 Å². The summed E-state index contributed by atoms with van der Waals surface area (Å²) in [6.07, 6.45) is 0.589. The van der Waals surface area contributed by atoms with Gasteiger partial charge in [0.05, 0.1) is 5.56 Å². The van der Waals surface area contributed by atoms with Crippen molar-refractivity contribution in [3.63, 3.8) is 0 Å². The van der Waals surface area contributed by atoms with Gasteiger partial charge in [-0.15, -0.1) is 0 Å². The number of hydrogen-bond acceptors (Lipinski definition) is 1. The lowest BCUT2D eigenvalue weighted by molar-refractivity contribution is -0.137.